The second-order valence-corrected chi connectivity index (χ2v) is 6.84. The second-order valence-electron chi connectivity index (χ2n) is 5.92. The molecule has 2 aromatic rings. The standard InChI is InChI=1S/C16H18BrN5O/c1-16(9-14(23)21(2)15(18)19-16)13-8-12(22(3)20-13)10-5-4-6-11(17)7-10/h4-8H,9H2,1-3H3,(H2,18,19)/t16-/m0/s1. The molecule has 2 N–H and O–H groups in total. The molecule has 23 heavy (non-hydrogen) atoms. The number of benzene rings is 1. The number of aryl methyl sites for hydroxylation is 1. The first-order valence-corrected chi connectivity index (χ1v) is 8.02. The number of nitrogens with zero attached hydrogens (tertiary/aromatic N) is 4. The van der Waals surface area contributed by atoms with Crippen molar-refractivity contribution in [3.8, 4) is 11.3 Å². The van der Waals surface area contributed by atoms with Crippen LogP contribution in [0.5, 0.6) is 0 Å². The van der Waals surface area contributed by atoms with Gasteiger partial charge in [-0.1, -0.05) is 28.1 Å². The molecule has 0 saturated heterocycles. The van der Waals surface area contributed by atoms with Crippen molar-refractivity contribution < 1.29 is 4.79 Å². The van der Waals surface area contributed by atoms with Crippen molar-refractivity contribution in [2.45, 2.75) is 18.9 Å². The fraction of sp³-hybridized carbons (Fsp3) is 0.312. The summed E-state index contributed by atoms with van der Waals surface area (Å²) >= 11 is 3.48. The second kappa shape index (κ2) is 5.49. The van der Waals surface area contributed by atoms with Crippen molar-refractivity contribution in [1.82, 2.24) is 14.7 Å². The minimum absolute atomic E-state index is 0.0605. The van der Waals surface area contributed by atoms with Crippen molar-refractivity contribution in [1.29, 1.82) is 0 Å². The van der Waals surface area contributed by atoms with Crippen molar-refractivity contribution in [3.05, 3.63) is 40.5 Å². The Hall–Kier alpha value is -2.15. The van der Waals surface area contributed by atoms with E-state index in [0.717, 1.165) is 21.4 Å². The summed E-state index contributed by atoms with van der Waals surface area (Å²) in [6.07, 6.45) is 0.249. The summed E-state index contributed by atoms with van der Waals surface area (Å²) in [7, 11) is 3.51. The molecule has 1 aliphatic rings. The molecule has 0 spiro atoms. The Bertz CT molecular complexity index is 813. The van der Waals surface area contributed by atoms with Crippen LogP contribution in [0.3, 0.4) is 0 Å². The van der Waals surface area contributed by atoms with E-state index in [1.807, 2.05) is 44.3 Å². The zero-order valence-electron chi connectivity index (χ0n) is 13.2. The molecule has 0 saturated carbocycles. The van der Waals surface area contributed by atoms with Gasteiger partial charge in [0.15, 0.2) is 5.96 Å². The molecule has 1 amide bonds. The predicted octanol–water partition coefficient (Wildman–Crippen LogP) is 2.24. The lowest BCUT2D eigenvalue weighted by molar-refractivity contribution is -0.128. The minimum Gasteiger partial charge on any atom is -0.369 e. The number of aliphatic imine (C=N–C) groups is 1. The Kier molecular flexibility index (Phi) is 3.75. The predicted molar refractivity (Wildman–Crippen MR) is 92.7 cm³/mol. The van der Waals surface area contributed by atoms with Gasteiger partial charge in [0.2, 0.25) is 5.91 Å². The number of guanidine groups is 1. The van der Waals surface area contributed by atoms with Gasteiger partial charge in [-0.25, -0.2) is 4.99 Å². The molecule has 2 heterocycles. The van der Waals surface area contributed by atoms with Gasteiger partial charge < -0.3 is 5.73 Å². The number of rotatable bonds is 2. The molecular weight excluding hydrogens is 358 g/mol. The van der Waals surface area contributed by atoms with Gasteiger partial charge >= 0.3 is 0 Å². The lowest BCUT2D eigenvalue weighted by Gasteiger charge is -2.31. The molecule has 120 valence electrons. The van der Waals surface area contributed by atoms with Crippen LogP contribution in [0.2, 0.25) is 0 Å². The van der Waals surface area contributed by atoms with Crippen molar-refractivity contribution in [2.24, 2.45) is 17.8 Å². The lowest BCUT2D eigenvalue weighted by Crippen LogP contribution is -2.47. The van der Waals surface area contributed by atoms with Crippen molar-refractivity contribution in [3.63, 3.8) is 0 Å². The number of aromatic nitrogens is 2. The zero-order valence-corrected chi connectivity index (χ0v) is 14.8. The zero-order chi connectivity index (χ0) is 16.8. The highest BCUT2D eigenvalue weighted by Crippen LogP contribution is 2.34. The topological polar surface area (TPSA) is 76.5 Å². The number of carbonyl (C=O) groups is 1. The maximum atomic E-state index is 12.1. The fourth-order valence-corrected chi connectivity index (χ4v) is 3.10. The first-order chi connectivity index (χ1) is 10.8. The van der Waals surface area contributed by atoms with E-state index in [-0.39, 0.29) is 18.3 Å². The lowest BCUT2D eigenvalue weighted by atomic mass is 9.92. The van der Waals surface area contributed by atoms with Crippen LogP contribution in [0, 0.1) is 0 Å². The molecule has 0 bridgehead atoms. The van der Waals surface area contributed by atoms with Crippen LogP contribution >= 0.6 is 15.9 Å². The molecule has 0 radical (unpaired) electrons. The summed E-state index contributed by atoms with van der Waals surface area (Å²) in [4.78, 5) is 18.0. The molecule has 1 atom stereocenters. The summed E-state index contributed by atoms with van der Waals surface area (Å²) in [6.45, 7) is 1.89. The molecule has 0 fully saturated rings. The van der Waals surface area contributed by atoms with E-state index >= 15 is 0 Å². The number of hydrogen-bond acceptors (Lipinski definition) is 4. The Labute approximate surface area is 143 Å². The van der Waals surface area contributed by atoms with E-state index in [9.17, 15) is 4.79 Å². The maximum absolute atomic E-state index is 12.1. The monoisotopic (exact) mass is 375 g/mol. The number of halogens is 1. The Morgan fingerprint density at radius 2 is 2.04 bits per heavy atom. The minimum atomic E-state index is -0.740. The van der Waals surface area contributed by atoms with Crippen LogP contribution in [-0.4, -0.2) is 33.6 Å². The molecule has 1 aliphatic heterocycles. The molecular formula is C16H18BrN5O. The Morgan fingerprint density at radius 1 is 1.30 bits per heavy atom. The van der Waals surface area contributed by atoms with E-state index < -0.39 is 5.54 Å². The highest BCUT2D eigenvalue weighted by atomic mass is 79.9. The summed E-state index contributed by atoms with van der Waals surface area (Å²) in [6, 6.07) is 9.97. The third kappa shape index (κ3) is 2.76. The highest BCUT2D eigenvalue weighted by Gasteiger charge is 2.38. The molecule has 7 heteroatoms. The van der Waals surface area contributed by atoms with E-state index in [1.54, 1.807) is 11.7 Å². The summed E-state index contributed by atoms with van der Waals surface area (Å²) in [5.74, 6) is 0.160. The van der Waals surface area contributed by atoms with Gasteiger partial charge in [0.25, 0.3) is 0 Å². The van der Waals surface area contributed by atoms with Gasteiger partial charge in [-0.15, -0.1) is 0 Å². The molecule has 0 unspecified atom stereocenters. The van der Waals surface area contributed by atoms with Crippen molar-refractivity contribution >= 4 is 27.8 Å². The van der Waals surface area contributed by atoms with Crippen LogP contribution in [0.25, 0.3) is 11.3 Å². The van der Waals surface area contributed by atoms with E-state index in [2.05, 4.69) is 26.0 Å². The highest BCUT2D eigenvalue weighted by molar-refractivity contribution is 9.10. The van der Waals surface area contributed by atoms with Crippen LogP contribution in [0.15, 0.2) is 39.8 Å². The molecule has 0 aliphatic carbocycles. The van der Waals surface area contributed by atoms with E-state index in [4.69, 9.17) is 5.73 Å². The number of amides is 1. The van der Waals surface area contributed by atoms with E-state index in [1.165, 1.54) is 4.90 Å². The van der Waals surface area contributed by atoms with Gasteiger partial charge in [-0.05, 0) is 25.1 Å². The number of nitrogens with two attached hydrogens (primary N) is 1. The quantitative estimate of drug-likeness (QED) is 0.874. The SMILES string of the molecule is CN1C(=O)C[C@@](C)(c2cc(-c3cccc(Br)c3)n(C)n2)N=C1N. The Morgan fingerprint density at radius 3 is 2.70 bits per heavy atom. The Balaban J connectivity index is 2.06. The summed E-state index contributed by atoms with van der Waals surface area (Å²) < 4.78 is 2.80. The normalized spacial score (nSPS) is 21.5. The fourth-order valence-electron chi connectivity index (χ4n) is 2.70. The molecule has 6 nitrogen and oxygen atoms in total. The van der Waals surface area contributed by atoms with Gasteiger partial charge in [0.1, 0.15) is 5.54 Å². The van der Waals surface area contributed by atoms with Gasteiger partial charge in [-0.3, -0.25) is 14.4 Å². The summed E-state index contributed by atoms with van der Waals surface area (Å²) in [5, 5.41) is 4.57. The molecule has 3 rings (SSSR count). The summed E-state index contributed by atoms with van der Waals surface area (Å²) in [5.41, 5.74) is 7.87. The van der Waals surface area contributed by atoms with Gasteiger partial charge in [-0.2, -0.15) is 5.10 Å². The first kappa shape index (κ1) is 15.7. The third-order valence-electron chi connectivity index (χ3n) is 4.13. The number of carbonyl (C=O) groups excluding carboxylic acids is 1. The average Bonchev–Trinajstić information content (AvgIpc) is 2.87. The average molecular weight is 376 g/mol. The van der Waals surface area contributed by atoms with Crippen LogP contribution in [0.4, 0.5) is 0 Å². The number of hydrogen-bond donors (Lipinski definition) is 1. The van der Waals surface area contributed by atoms with E-state index in [0.29, 0.717) is 0 Å². The first-order valence-electron chi connectivity index (χ1n) is 7.22. The van der Waals surface area contributed by atoms with Crippen molar-refractivity contribution in [2.75, 3.05) is 7.05 Å². The third-order valence-corrected chi connectivity index (χ3v) is 4.62. The van der Waals surface area contributed by atoms with Crippen LogP contribution in [0.1, 0.15) is 19.0 Å². The van der Waals surface area contributed by atoms with Gasteiger partial charge in [0.05, 0.1) is 17.8 Å². The smallest absolute Gasteiger partial charge is 0.231 e. The van der Waals surface area contributed by atoms with Crippen LogP contribution < -0.4 is 5.73 Å². The molecule has 1 aromatic heterocycles. The molecule has 1 aromatic carbocycles. The van der Waals surface area contributed by atoms with Crippen LogP contribution in [-0.2, 0) is 17.4 Å². The maximum Gasteiger partial charge on any atom is 0.231 e. The van der Waals surface area contributed by atoms with Gasteiger partial charge in [0, 0.05) is 24.1 Å². The largest absolute Gasteiger partial charge is 0.369 e.